The predicted molar refractivity (Wildman–Crippen MR) is 48.0 cm³/mol. The number of carbonyl (C=O) groups is 1. The first-order valence-electron chi connectivity index (χ1n) is 2.41. The van der Waals surface area contributed by atoms with Crippen molar-refractivity contribution in [2.24, 2.45) is 0 Å². The fourth-order valence-corrected chi connectivity index (χ4v) is 1.85. The molecule has 0 radical (unpaired) electrons. The van der Waals surface area contributed by atoms with Crippen molar-refractivity contribution in [3.63, 3.8) is 0 Å². The van der Waals surface area contributed by atoms with Crippen LogP contribution in [0.4, 0.5) is 4.79 Å². The molecule has 0 spiro atoms. The Labute approximate surface area is 116 Å². The van der Waals surface area contributed by atoms with Crippen molar-refractivity contribution < 1.29 is 48.7 Å². The Balaban J connectivity index is 0. The van der Waals surface area contributed by atoms with Crippen molar-refractivity contribution in [2.45, 2.75) is 3.79 Å². The number of hydrogen-bond donors (Lipinski definition) is 1. The topological polar surface area (TPSA) is 77.4 Å². The maximum Gasteiger partial charge on any atom is 1.00 e. The van der Waals surface area contributed by atoms with Crippen molar-refractivity contribution in [1.82, 2.24) is 0 Å². The molecule has 10 heteroatoms. The summed E-state index contributed by atoms with van der Waals surface area (Å²) in [6.07, 6.45) is 0. The van der Waals surface area contributed by atoms with Crippen LogP contribution in [0.3, 0.4) is 0 Å². The van der Waals surface area contributed by atoms with E-state index in [2.05, 4.69) is 0 Å². The standard InChI is InChI=1S/C3H4Cl3O4PS.Na/c4-3(5,6)1-12-2(7)11(8,9)10;/h1H2,(H2,8,9,10);/q;+1/p-1. The van der Waals surface area contributed by atoms with Crippen LogP contribution in [0.25, 0.3) is 0 Å². The van der Waals surface area contributed by atoms with Crippen LogP contribution in [0.2, 0.25) is 0 Å². The van der Waals surface area contributed by atoms with Gasteiger partial charge in [0.2, 0.25) is 7.60 Å². The van der Waals surface area contributed by atoms with Crippen molar-refractivity contribution in [2.75, 3.05) is 5.75 Å². The number of halogens is 3. The second kappa shape index (κ2) is 6.59. The van der Waals surface area contributed by atoms with E-state index >= 15 is 0 Å². The minimum absolute atomic E-state index is 0. The smallest absolute Gasteiger partial charge is 0.772 e. The third-order valence-corrected chi connectivity index (χ3v) is 3.83. The summed E-state index contributed by atoms with van der Waals surface area (Å²) in [7, 11) is -4.94. The number of carbonyl (C=O) groups excluding carboxylic acids is 1. The van der Waals surface area contributed by atoms with Gasteiger partial charge in [0.15, 0.2) is 3.79 Å². The molecule has 0 bridgehead atoms. The Morgan fingerprint density at radius 1 is 1.54 bits per heavy atom. The normalized spacial score (nSPS) is 15.8. The summed E-state index contributed by atoms with van der Waals surface area (Å²) < 4.78 is 8.42. The Bertz CT molecular complexity index is 225. The van der Waals surface area contributed by atoms with Gasteiger partial charge in [-0.25, -0.2) is 0 Å². The van der Waals surface area contributed by atoms with Crippen molar-refractivity contribution in [3.05, 3.63) is 0 Å². The first-order chi connectivity index (χ1) is 5.13. The van der Waals surface area contributed by atoms with E-state index in [1.54, 1.807) is 0 Å². The van der Waals surface area contributed by atoms with Crippen LogP contribution in [0.5, 0.6) is 0 Å². The summed E-state index contributed by atoms with van der Waals surface area (Å²) in [5, 5.41) is 0. The molecular formula is C3H3Cl3NaO4PS. The van der Waals surface area contributed by atoms with Gasteiger partial charge in [-0.1, -0.05) is 46.6 Å². The summed E-state index contributed by atoms with van der Waals surface area (Å²) in [5.74, 6) is -0.330. The molecular weight excluding hydrogens is 292 g/mol. The summed E-state index contributed by atoms with van der Waals surface area (Å²) in [4.78, 5) is 27.4. The van der Waals surface area contributed by atoms with Gasteiger partial charge in [-0.15, -0.1) is 0 Å². The molecule has 0 heterocycles. The van der Waals surface area contributed by atoms with Crippen LogP contribution < -0.4 is 34.5 Å². The number of rotatable bonds is 2. The van der Waals surface area contributed by atoms with Crippen LogP contribution in [-0.4, -0.2) is 19.3 Å². The fourth-order valence-electron chi connectivity index (χ4n) is 0.225. The molecule has 1 atom stereocenters. The van der Waals surface area contributed by atoms with E-state index in [0.29, 0.717) is 0 Å². The van der Waals surface area contributed by atoms with Crippen molar-refractivity contribution in [1.29, 1.82) is 0 Å². The van der Waals surface area contributed by atoms with Crippen LogP contribution >= 0.6 is 54.2 Å². The molecule has 0 aliphatic carbocycles. The average Bonchev–Trinajstić information content (AvgIpc) is 1.78. The number of hydrogen-bond acceptors (Lipinski definition) is 4. The second-order valence-corrected chi connectivity index (χ2v) is 6.90. The summed E-state index contributed by atoms with van der Waals surface area (Å²) in [6.45, 7) is 0. The third kappa shape index (κ3) is 10.3. The van der Waals surface area contributed by atoms with Crippen molar-refractivity contribution >= 4 is 59.0 Å². The summed E-state index contributed by atoms with van der Waals surface area (Å²) >= 11 is 15.9. The van der Waals surface area contributed by atoms with Crippen LogP contribution in [0.1, 0.15) is 0 Å². The number of thioether (sulfide) groups is 1. The molecule has 1 N–H and O–H groups in total. The molecule has 0 saturated heterocycles. The molecule has 0 aliphatic heterocycles. The van der Waals surface area contributed by atoms with Crippen molar-refractivity contribution in [3.8, 4) is 0 Å². The van der Waals surface area contributed by atoms with Crippen LogP contribution in [-0.2, 0) is 4.57 Å². The third-order valence-electron chi connectivity index (χ3n) is 0.590. The predicted octanol–water partition coefficient (Wildman–Crippen LogP) is -1.24. The Kier molecular flexibility index (Phi) is 8.83. The maximum absolute atomic E-state index is 10.5. The average molecular weight is 295 g/mol. The minimum Gasteiger partial charge on any atom is -0.772 e. The van der Waals surface area contributed by atoms with E-state index in [4.69, 9.17) is 39.7 Å². The molecule has 0 aromatic carbocycles. The van der Waals surface area contributed by atoms with Gasteiger partial charge in [-0.3, -0.25) is 4.79 Å². The maximum atomic E-state index is 10.5. The van der Waals surface area contributed by atoms with Gasteiger partial charge in [0.25, 0.3) is 4.86 Å². The molecule has 0 aromatic rings. The monoisotopic (exact) mass is 294 g/mol. The molecule has 0 aromatic heterocycles. The van der Waals surface area contributed by atoms with E-state index in [1.165, 1.54) is 0 Å². The largest absolute Gasteiger partial charge is 1.00 e. The first kappa shape index (κ1) is 17.4. The van der Waals surface area contributed by atoms with Gasteiger partial charge in [0.05, 0.1) is 0 Å². The van der Waals surface area contributed by atoms with E-state index in [0.717, 1.165) is 0 Å². The molecule has 0 saturated carbocycles. The zero-order valence-electron chi connectivity index (χ0n) is 6.37. The first-order valence-corrected chi connectivity index (χ1v) is 6.10. The summed E-state index contributed by atoms with van der Waals surface area (Å²) in [6, 6.07) is 0. The molecule has 1 unspecified atom stereocenters. The van der Waals surface area contributed by atoms with Gasteiger partial charge in [-0.2, -0.15) is 0 Å². The van der Waals surface area contributed by atoms with Gasteiger partial charge in [0.1, 0.15) is 0 Å². The summed E-state index contributed by atoms with van der Waals surface area (Å²) in [5.41, 5.74) is 0. The zero-order chi connectivity index (χ0) is 9.99. The number of alkyl halides is 3. The molecule has 72 valence electrons. The molecule has 0 aliphatic rings. The Morgan fingerprint density at radius 3 is 2.15 bits per heavy atom. The van der Waals surface area contributed by atoms with Gasteiger partial charge >= 0.3 is 29.6 Å². The van der Waals surface area contributed by atoms with E-state index in [1.807, 2.05) is 0 Å². The zero-order valence-corrected chi connectivity index (χ0v) is 12.3. The quantitative estimate of drug-likeness (QED) is 0.392. The Morgan fingerprint density at radius 2 is 1.92 bits per heavy atom. The second-order valence-electron chi connectivity index (χ2n) is 1.69. The molecule has 0 rings (SSSR count). The molecule has 0 amide bonds. The van der Waals surface area contributed by atoms with E-state index < -0.39 is 16.2 Å². The van der Waals surface area contributed by atoms with Crippen LogP contribution in [0.15, 0.2) is 0 Å². The van der Waals surface area contributed by atoms with Gasteiger partial charge < -0.3 is 14.4 Å². The van der Waals surface area contributed by atoms with Crippen LogP contribution in [0, 0.1) is 0 Å². The Hall–Kier alpha value is 2.04. The minimum atomic E-state index is -4.94. The van der Waals surface area contributed by atoms with E-state index in [9.17, 15) is 14.3 Å². The molecule has 0 fully saturated rings. The fraction of sp³-hybridized carbons (Fsp3) is 0.667. The SMILES string of the molecule is O=C(SCC(Cl)(Cl)Cl)P(=O)([O-])O.[Na+]. The van der Waals surface area contributed by atoms with E-state index in [-0.39, 0.29) is 47.1 Å². The van der Waals surface area contributed by atoms with Gasteiger partial charge in [0, 0.05) is 5.75 Å². The molecule has 4 nitrogen and oxygen atoms in total. The molecule has 13 heavy (non-hydrogen) atoms. The van der Waals surface area contributed by atoms with Gasteiger partial charge in [-0.05, 0) is 0 Å².